The average molecular weight is 389 g/mol. The van der Waals surface area contributed by atoms with Gasteiger partial charge in [0.15, 0.2) is 11.0 Å². The van der Waals surface area contributed by atoms with Gasteiger partial charge in [-0.2, -0.15) is 4.98 Å². The van der Waals surface area contributed by atoms with Gasteiger partial charge in [-0.25, -0.2) is 4.98 Å². The Morgan fingerprint density at radius 2 is 1.96 bits per heavy atom. The molecule has 2 aliphatic rings. The Hall–Kier alpha value is -1.30. The smallest absolute Gasteiger partial charge is 0.232 e. The van der Waals surface area contributed by atoms with Crippen molar-refractivity contribution < 1.29 is 4.52 Å². The summed E-state index contributed by atoms with van der Waals surface area (Å²) in [6.07, 6.45) is 5.72. The first-order chi connectivity index (χ1) is 12.7. The summed E-state index contributed by atoms with van der Waals surface area (Å²) >= 11 is 1.73. The molecule has 0 amide bonds. The zero-order chi connectivity index (χ0) is 19.3. The maximum absolute atomic E-state index is 5.44. The summed E-state index contributed by atoms with van der Waals surface area (Å²) in [5, 5.41) is 5.27. The number of nitrogens with zero attached hydrogens (tertiary/aromatic N) is 4. The lowest BCUT2D eigenvalue weighted by Crippen LogP contribution is -2.23. The normalized spacial score (nSPS) is 26.1. The minimum absolute atomic E-state index is 0.113. The van der Waals surface area contributed by atoms with Crippen molar-refractivity contribution in [2.45, 2.75) is 89.6 Å². The first-order valence-electron chi connectivity index (χ1n) is 10.3. The second-order valence-corrected chi connectivity index (χ2v) is 10.5. The molecule has 0 unspecified atom stereocenters. The van der Waals surface area contributed by atoms with Gasteiger partial charge in [0.1, 0.15) is 0 Å². The Morgan fingerprint density at radius 1 is 1.19 bits per heavy atom. The van der Waals surface area contributed by atoms with Crippen LogP contribution in [0.1, 0.15) is 82.5 Å². The van der Waals surface area contributed by atoms with Crippen molar-refractivity contribution in [3.8, 4) is 0 Å². The molecule has 2 aromatic heterocycles. The highest BCUT2D eigenvalue weighted by Crippen LogP contribution is 2.52. The molecule has 5 nitrogen and oxygen atoms in total. The van der Waals surface area contributed by atoms with Gasteiger partial charge < -0.3 is 9.09 Å². The van der Waals surface area contributed by atoms with Crippen molar-refractivity contribution in [3.05, 3.63) is 23.1 Å². The van der Waals surface area contributed by atoms with E-state index in [0.717, 1.165) is 34.4 Å². The number of aromatic nitrogens is 4. The fourth-order valence-electron chi connectivity index (χ4n) is 5.00. The van der Waals surface area contributed by atoms with Gasteiger partial charge in [0.05, 0.1) is 11.4 Å². The fourth-order valence-corrected chi connectivity index (χ4v) is 6.02. The van der Waals surface area contributed by atoms with E-state index in [1.165, 1.54) is 31.4 Å². The maximum Gasteiger partial charge on any atom is 0.232 e. The quantitative estimate of drug-likeness (QED) is 0.636. The van der Waals surface area contributed by atoms with Crippen molar-refractivity contribution in [1.82, 2.24) is 19.7 Å². The second-order valence-electron chi connectivity index (χ2n) is 9.57. The lowest BCUT2D eigenvalue weighted by atomic mass is 9.84. The van der Waals surface area contributed by atoms with E-state index in [-0.39, 0.29) is 5.41 Å². The highest BCUT2D eigenvalue weighted by molar-refractivity contribution is 7.98. The Labute approximate surface area is 166 Å². The van der Waals surface area contributed by atoms with Crippen LogP contribution in [0.5, 0.6) is 0 Å². The average Bonchev–Trinajstić information content (AvgIpc) is 3.36. The van der Waals surface area contributed by atoms with Crippen molar-refractivity contribution >= 4 is 11.8 Å². The van der Waals surface area contributed by atoms with Gasteiger partial charge in [0, 0.05) is 17.2 Å². The highest BCUT2D eigenvalue weighted by Gasteiger charge is 2.43. The fraction of sp³-hybridized carbons (Fsp3) is 0.762. The van der Waals surface area contributed by atoms with Crippen molar-refractivity contribution in [1.29, 1.82) is 0 Å². The van der Waals surface area contributed by atoms with E-state index in [9.17, 15) is 0 Å². The number of hydrogen-bond acceptors (Lipinski definition) is 5. The minimum atomic E-state index is -0.113. The number of aryl methyl sites for hydroxylation is 1. The van der Waals surface area contributed by atoms with Crippen LogP contribution >= 0.6 is 11.8 Å². The van der Waals surface area contributed by atoms with Crippen LogP contribution in [0.4, 0.5) is 0 Å². The monoisotopic (exact) mass is 388 g/mol. The van der Waals surface area contributed by atoms with E-state index in [0.29, 0.717) is 17.7 Å². The van der Waals surface area contributed by atoms with E-state index in [1.807, 2.05) is 0 Å². The molecule has 4 atom stereocenters. The molecule has 0 aliphatic heterocycles. The molecule has 0 radical (unpaired) electrons. The Bertz CT molecular complexity index is 819. The number of imidazole rings is 1. The molecule has 6 heteroatoms. The summed E-state index contributed by atoms with van der Waals surface area (Å²) in [5.74, 6) is 4.83. The van der Waals surface area contributed by atoms with Gasteiger partial charge in [0.2, 0.25) is 5.89 Å². The molecular weight excluding hydrogens is 356 g/mol. The van der Waals surface area contributed by atoms with Gasteiger partial charge in [0.25, 0.3) is 0 Å². The summed E-state index contributed by atoms with van der Waals surface area (Å²) in [5.41, 5.74) is 2.32. The number of thioether (sulfide) groups is 1. The van der Waals surface area contributed by atoms with Gasteiger partial charge in [-0.05, 0) is 57.8 Å². The first-order valence-corrected chi connectivity index (χ1v) is 11.2. The Morgan fingerprint density at radius 3 is 2.56 bits per heavy atom. The van der Waals surface area contributed by atoms with Crippen LogP contribution in [0.25, 0.3) is 0 Å². The molecule has 0 spiro atoms. The standard InChI is InChI=1S/C21H32N4OS/c1-12-13(2)25(14(3)17-10-15-7-8-16(17)9-15)20(22-12)27-11-18-23-19(26-24-18)21(4,5)6/h14-17H,7-11H2,1-6H3/t14-,15+,16+,17+/m1/s1. The van der Waals surface area contributed by atoms with Crippen LogP contribution in [0.2, 0.25) is 0 Å². The van der Waals surface area contributed by atoms with E-state index in [1.54, 1.807) is 11.8 Å². The molecule has 2 bridgehead atoms. The third-order valence-electron chi connectivity index (χ3n) is 6.61. The third-order valence-corrected chi connectivity index (χ3v) is 7.56. The van der Waals surface area contributed by atoms with E-state index >= 15 is 0 Å². The summed E-state index contributed by atoms with van der Waals surface area (Å²) in [7, 11) is 0. The van der Waals surface area contributed by atoms with Crippen LogP contribution in [-0.4, -0.2) is 19.7 Å². The first kappa shape index (κ1) is 19.0. The Kier molecular flexibility index (Phi) is 4.90. The molecule has 2 aromatic rings. The number of hydrogen-bond donors (Lipinski definition) is 0. The summed E-state index contributed by atoms with van der Waals surface area (Å²) in [4.78, 5) is 9.45. The van der Waals surface area contributed by atoms with E-state index in [4.69, 9.17) is 9.51 Å². The summed E-state index contributed by atoms with van der Waals surface area (Å²) < 4.78 is 7.92. The second kappa shape index (κ2) is 6.94. The summed E-state index contributed by atoms with van der Waals surface area (Å²) in [6, 6.07) is 0.513. The van der Waals surface area contributed by atoms with Crippen LogP contribution in [0, 0.1) is 31.6 Å². The highest BCUT2D eigenvalue weighted by atomic mass is 32.2. The maximum atomic E-state index is 5.44. The predicted octanol–water partition coefficient (Wildman–Crippen LogP) is 5.47. The molecule has 2 aliphatic carbocycles. The van der Waals surface area contributed by atoms with Crippen LogP contribution in [-0.2, 0) is 11.2 Å². The van der Waals surface area contributed by atoms with Crippen molar-refractivity contribution in [3.63, 3.8) is 0 Å². The number of rotatable bonds is 5. The molecule has 4 rings (SSSR count). The molecule has 148 valence electrons. The Balaban J connectivity index is 1.51. The molecule has 0 N–H and O–H groups in total. The van der Waals surface area contributed by atoms with Crippen LogP contribution < -0.4 is 0 Å². The molecule has 2 heterocycles. The summed E-state index contributed by atoms with van der Waals surface area (Å²) in [6.45, 7) is 13.0. The molecule has 2 saturated carbocycles. The third kappa shape index (κ3) is 3.57. The zero-order valence-electron chi connectivity index (χ0n) is 17.5. The van der Waals surface area contributed by atoms with Crippen molar-refractivity contribution in [2.75, 3.05) is 0 Å². The topological polar surface area (TPSA) is 56.7 Å². The minimum Gasteiger partial charge on any atom is -0.339 e. The lowest BCUT2D eigenvalue weighted by molar-refractivity contribution is 0.232. The molecule has 0 saturated heterocycles. The van der Waals surface area contributed by atoms with Gasteiger partial charge >= 0.3 is 0 Å². The van der Waals surface area contributed by atoms with Crippen LogP contribution in [0.3, 0.4) is 0 Å². The van der Waals surface area contributed by atoms with E-state index in [2.05, 4.69) is 56.3 Å². The SMILES string of the molecule is Cc1nc(SCc2noc(C(C)(C)C)n2)n([C@H](C)[C@@H]2C[C@H]3CC[C@H]2C3)c1C. The van der Waals surface area contributed by atoms with E-state index < -0.39 is 0 Å². The zero-order valence-corrected chi connectivity index (χ0v) is 18.3. The van der Waals surface area contributed by atoms with Crippen molar-refractivity contribution in [2.24, 2.45) is 17.8 Å². The largest absolute Gasteiger partial charge is 0.339 e. The molecule has 2 fully saturated rings. The predicted molar refractivity (Wildman–Crippen MR) is 108 cm³/mol. The molecular formula is C21H32N4OS. The van der Waals surface area contributed by atoms with Gasteiger partial charge in [-0.15, -0.1) is 0 Å². The van der Waals surface area contributed by atoms with Gasteiger partial charge in [-0.1, -0.05) is 44.1 Å². The molecule has 27 heavy (non-hydrogen) atoms. The van der Waals surface area contributed by atoms with Crippen LogP contribution in [0.15, 0.2) is 9.68 Å². The lowest BCUT2D eigenvalue weighted by Gasteiger charge is -2.30. The molecule has 0 aromatic carbocycles. The van der Waals surface area contributed by atoms with Gasteiger partial charge in [-0.3, -0.25) is 0 Å². The number of fused-ring (bicyclic) bond motifs is 2.